The van der Waals surface area contributed by atoms with E-state index in [9.17, 15) is 4.39 Å². The summed E-state index contributed by atoms with van der Waals surface area (Å²) in [5.41, 5.74) is 6.93. The Morgan fingerprint density at radius 3 is 2.81 bits per heavy atom. The van der Waals surface area contributed by atoms with E-state index in [-0.39, 0.29) is 11.4 Å². The highest BCUT2D eigenvalue weighted by atomic mass is 19.1. The molecule has 1 atom stereocenters. The van der Waals surface area contributed by atoms with Crippen LogP contribution < -0.4 is 5.73 Å². The van der Waals surface area contributed by atoms with Crippen LogP contribution in [-0.4, -0.2) is 30.6 Å². The summed E-state index contributed by atoms with van der Waals surface area (Å²) in [7, 11) is 2.08. The topological polar surface area (TPSA) is 29.3 Å². The maximum atomic E-state index is 13.4. The molecule has 2 nitrogen and oxygen atoms in total. The van der Waals surface area contributed by atoms with Gasteiger partial charge in [0, 0.05) is 12.1 Å². The van der Waals surface area contributed by atoms with Crippen LogP contribution in [0, 0.1) is 5.82 Å². The van der Waals surface area contributed by atoms with Crippen LogP contribution in [0.15, 0.2) is 24.3 Å². The zero-order valence-electron chi connectivity index (χ0n) is 9.75. The van der Waals surface area contributed by atoms with E-state index in [4.69, 9.17) is 5.73 Å². The number of likely N-dealkylation sites (N-methyl/N-ethyl adjacent to an activating group) is 1. The average molecular weight is 222 g/mol. The van der Waals surface area contributed by atoms with Crippen molar-refractivity contribution < 1.29 is 4.39 Å². The minimum absolute atomic E-state index is 0.113. The van der Waals surface area contributed by atoms with E-state index < -0.39 is 0 Å². The van der Waals surface area contributed by atoms with E-state index in [1.807, 2.05) is 12.1 Å². The van der Waals surface area contributed by atoms with Gasteiger partial charge in [-0.25, -0.2) is 4.39 Å². The molecule has 2 N–H and O–H groups in total. The molecule has 0 bridgehead atoms. The number of aryl methyl sites for hydroxylation is 1. The second-order valence-electron chi connectivity index (χ2n) is 4.94. The lowest BCUT2D eigenvalue weighted by atomic mass is 9.91. The number of nitrogens with zero attached hydrogens (tertiary/aromatic N) is 1. The predicted molar refractivity (Wildman–Crippen MR) is 63.8 cm³/mol. The average Bonchev–Trinajstić information content (AvgIpc) is 2.58. The van der Waals surface area contributed by atoms with E-state index in [2.05, 4.69) is 11.9 Å². The highest BCUT2D eigenvalue weighted by Crippen LogP contribution is 2.23. The van der Waals surface area contributed by atoms with Gasteiger partial charge in [-0.2, -0.15) is 0 Å². The van der Waals surface area contributed by atoms with Gasteiger partial charge in [0.2, 0.25) is 0 Å². The largest absolute Gasteiger partial charge is 0.324 e. The lowest BCUT2D eigenvalue weighted by Crippen LogP contribution is -2.42. The molecule has 0 radical (unpaired) electrons. The third-order valence-corrected chi connectivity index (χ3v) is 3.43. The SMILES string of the molecule is CN1CCC(N)(CCc2ccccc2F)C1. The predicted octanol–water partition coefficient (Wildman–Crippen LogP) is 1.79. The molecule has 1 fully saturated rings. The zero-order chi connectivity index (χ0) is 11.6. The van der Waals surface area contributed by atoms with Crippen molar-refractivity contribution in [2.24, 2.45) is 5.73 Å². The van der Waals surface area contributed by atoms with E-state index in [0.29, 0.717) is 0 Å². The Morgan fingerprint density at radius 2 is 2.19 bits per heavy atom. The Morgan fingerprint density at radius 1 is 1.44 bits per heavy atom. The molecular formula is C13H19FN2. The van der Waals surface area contributed by atoms with Crippen molar-refractivity contribution in [2.75, 3.05) is 20.1 Å². The molecule has 1 aliphatic rings. The van der Waals surface area contributed by atoms with E-state index >= 15 is 0 Å². The van der Waals surface area contributed by atoms with Crippen LogP contribution in [0.3, 0.4) is 0 Å². The minimum Gasteiger partial charge on any atom is -0.324 e. The summed E-state index contributed by atoms with van der Waals surface area (Å²) in [6, 6.07) is 6.96. The van der Waals surface area contributed by atoms with Gasteiger partial charge in [0.05, 0.1) is 0 Å². The molecule has 0 aromatic heterocycles. The zero-order valence-corrected chi connectivity index (χ0v) is 9.75. The summed E-state index contributed by atoms with van der Waals surface area (Å²) in [5.74, 6) is -0.113. The molecule has 1 aromatic carbocycles. The highest BCUT2D eigenvalue weighted by Gasteiger charge is 2.32. The van der Waals surface area contributed by atoms with Gasteiger partial charge in [0.15, 0.2) is 0 Å². The summed E-state index contributed by atoms with van der Waals surface area (Å²) >= 11 is 0. The fourth-order valence-corrected chi connectivity index (χ4v) is 2.40. The second kappa shape index (κ2) is 4.52. The van der Waals surface area contributed by atoms with Crippen LogP contribution in [0.4, 0.5) is 4.39 Å². The van der Waals surface area contributed by atoms with E-state index in [1.165, 1.54) is 6.07 Å². The molecule has 1 aromatic rings. The van der Waals surface area contributed by atoms with Crippen molar-refractivity contribution in [2.45, 2.75) is 24.8 Å². The number of hydrogen-bond acceptors (Lipinski definition) is 2. The van der Waals surface area contributed by atoms with Crippen molar-refractivity contribution in [3.05, 3.63) is 35.6 Å². The van der Waals surface area contributed by atoms with Crippen LogP contribution in [0.1, 0.15) is 18.4 Å². The van der Waals surface area contributed by atoms with E-state index in [0.717, 1.165) is 37.9 Å². The number of likely N-dealkylation sites (tertiary alicyclic amines) is 1. The van der Waals surface area contributed by atoms with Crippen LogP contribution in [0.5, 0.6) is 0 Å². The molecule has 0 amide bonds. The quantitative estimate of drug-likeness (QED) is 0.845. The normalized spacial score (nSPS) is 26.2. The molecule has 1 aliphatic heterocycles. The molecule has 2 rings (SSSR count). The highest BCUT2D eigenvalue weighted by molar-refractivity contribution is 5.18. The Hall–Kier alpha value is -0.930. The molecule has 88 valence electrons. The van der Waals surface area contributed by atoms with Crippen LogP contribution >= 0.6 is 0 Å². The Balaban J connectivity index is 1.95. The van der Waals surface area contributed by atoms with Gasteiger partial charge in [-0.1, -0.05) is 18.2 Å². The molecule has 0 spiro atoms. The number of hydrogen-bond donors (Lipinski definition) is 1. The summed E-state index contributed by atoms with van der Waals surface area (Å²) in [6.07, 6.45) is 2.60. The third kappa shape index (κ3) is 2.60. The van der Waals surface area contributed by atoms with Gasteiger partial charge in [-0.3, -0.25) is 0 Å². The van der Waals surface area contributed by atoms with Gasteiger partial charge < -0.3 is 10.6 Å². The van der Waals surface area contributed by atoms with Crippen LogP contribution in [-0.2, 0) is 6.42 Å². The molecule has 1 unspecified atom stereocenters. The van der Waals surface area contributed by atoms with Crippen LogP contribution in [0.25, 0.3) is 0 Å². The fraction of sp³-hybridized carbons (Fsp3) is 0.538. The number of halogens is 1. The fourth-order valence-electron chi connectivity index (χ4n) is 2.40. The number of nitrogens with two attached hydrogens (primary N) is 1. The summed E-state index contributed by atoms with van der Waals surface area (Å²) in [4.78, 5) is 2.24. The molecule has 16 heavy (non-hydrogen) atoms. The van der Waals surface area contributed by atoms with E-state index in [1.54, 1.807) is 6.07 Å². The number of rotatable bonds is 3. The van der Waals surface area contributed by atoms with Crippen LogP contribution in [0.2, 0.25) is 0 Å². The first-order chi connectivity index (χ1) is 7.59. The lowest BCUT2D eigenvalue weighted by Gasteiger charge is -2.23. The van der Waals surface area contributed by atoms with Gasteiger partial charge in [0.25, 0.3) is 0 Å². The number of benzene rings is 1. The molecular weight excluding hydrogens is 203 g/mol. The van der Waals surface area contributed by atoms with Gasteiger partial charge in [0.1, 0.15) is 5.82 Å². The molecule has 0 saturated carbocycles. The first-order valence-electron chi connectivity index (χ1n) is 5.80. The summed E-state index contributed by atoms with van der Waals surface area (Å²) in [5, 5.41) is 0. The Labute approximate surface area is 96.2 Å². The molecule has 1 heterocycles. The Bertz CT molecular complexity index is 367. The van der Waals surface area contributed by atoms with Gasteiger partial charge >= 0.3 is 0 Å². The Kier molecular flexibility index (Phi) is 3.26. The maximum absolute atomic E-state index is 13.4. The summed E-state index contributed by atoms with van der Waals surface area (Å²) < 4.78 is 13.4. The van der Waals surface area contributed by atoms with Crippen molar-refractivity contribution in [1.82, 2.24) is 4.90 Å². The molecule has 1 saturated heterocycles. The standard InChI is InChI=1S/C13H19FN2/c1-16-9-8-13(15,10-16)7-6-11-4-2-3-5-12(11)14/h2-5H,6-10,15H2,1H3. The monoisotopic (exact) mass is 222 g/mol. The smallest absolute Gasteiger partial charge is 0.126 e. The van der Waals surface area contributed by atoms with Crippen molar-refractivity contribution in [3.8, 4) is 0 Å². The van der Waals surface area contributed by atoms with Gasteiger partial charge in [-0.15, -0.1) is 0 Å². The second-order valence-corrected chi connectivity index (χ2v) is 4.94. The minimum atomic E-state index is -0.128. The molecule has 0 aliphatic carbocycles. The molecule has 3 heteroatoms. The van der Waals surface area contributed by atoms with Gasteiger partial charge in [-0.05, 0) is 44.5 Å². The maximum Gasteiger partial charge on any atom is 0.126 e. The van der Waals surface area contributed by atoms with Crippen molar-refractivity contribution in [1.29, 1.82) is 0 Å². The van der Waals surface area contributed by atoms with Crippen molar-refractivity contribution in [3.63, 3.8) is 0 Å². The summed E-state index contributed by atoms with van der Waals surface area (Å²) in [6.45, 7) is 1.97. The first kappa shape index (κ1) is 11.6. The third-order valence-electron chi connectivity index (χ3n) is 3.43. The lowest BCUT2D eigenvalue weighted by molar-refractivity contribution is 0.353. The van der Waals surface area contributed by atoms with Crippen molar-refractivity contribution >= 4 is 0 Å². The first-order valence-corrected chi connectivity index (χ1v) is 5.80.